The van der Waals surface area contributed by atoms with Gasteiger partial charge in [0.2, 0.25) is 0 Å². The zero-order valence-corrected chi connectivity index (χ0v) is 11.6. The smallest absolute Gasteiger partial charge is 0.253 e. The van der Waals surface area contributed by atoms with E-state index < -0.39 is 0 Å². The number of carbonyl (C=O) groups excluding carboxylic acids is 1. The Morgan fingerprint density at radius 2 is 1.63 bits per heavy atom. The van der Waals surface area contributed by atoms with Crippen molar-refractivity contribution in [2.45, 2.75) is 25.7 Å². The Balaban J connectivity index is 2.18. The van der Waals surface area contributed by atoms with Gasteiger partial charge in [0.25, 0.3) is 5.91 Å². The Bertz CT molecular complexity index is 437. The monoisotopic (exact) mass is 263 g/mol. The normalized spacial score (nSPS) is 15.8. The zero-order chi connectivity index (χ0) is 13.7. The van der Waals surface area contributed by atoms with Crippen molar-refractivity contribution in [3.8, 4) is 11.5 Å². The number of carbonyl (C=O) groups is 1. The molecule has 0 unspecified atom stereocenters. The highest BCUT2D eigenvalue weighted by Gasteiger charge is 2.18. The number of hydrogen-bond acceptors (Lipinski definition) is 3. The third kappa shape index (κ3) is 3.19. The van der Waals surface area contributed by atoms with E-state index in [1.807, 2.05) is 4.90 Å². The van der Waals surface area contributed by atoms with Gasteiger partial charge in [-0.3, -0.25) is 4.79 Å². The fourth-order valence-corrected chi connectivity index (χ4v) is 2.43. The first-order valence-corrected chi connectivity index (χ1v) is 6.77. The van der Waals surface area contributed by atoms with Gasteiger partial charge in [-0.1, -0.05) is 12.8 Å². The quantitative estimate of drug-likeness (QED) is 0.841. The van der Waals surface area contributed by atoms with Crippen LogP contribution in [0.5, 0.6) is 11.5 Å². The number of hydrogen-bond donors (Lipinski definition) is 0. The lowest BCUT2D eigenvalue weighted by molar-refractivity contribution is 0.0761. The van der Waals surface area contributed by atoms with Crippen molar-refractivity contribution in [2.24, 2.45) is 0 Å². The number of benzene rings is 1. The first-order valence-electron chi connectivity index (χ1n) is 6.77. The summed E-state index contributed by atoms with van der Waals surface area (Å²) in [6.07, 6.45) is 4.63. The van der Waals surface area contributed by atoms with Gasteiger partial charge >= 0.3 is 0 Å². The van der Waals surface area contributed by atoms with Crippen LogP contribution in [-0.4, -0.2) is 38.1 Å². The second kappa shape index (κ2) is 6.45. The van der Waals surface area contributed by atoms with E-state index in [1.54, 1.807) is 32.4 Å². The molecule has 0 N–H and O–H groups in total. The van der Waals surface area contributed by atoms with Crippen LogP contribution in [0, 0.1) is 0 Å². The Hall–Kier alpha value is -1.71. The molecule has 1 amide bonds. The Kier molecular flexibility index (Phi) is 4.66. The summed E-state index contributed by atoms with van der Waals surface area (Å²) in [7, 11) is 3.17. The third-order valence-electron chi connectivity index (χ3n) is 3.52. The van der Waals surface area contributed by atoms with Crippen LogP contribution in [-0.2, 0) is 0 Å². The Morgan fingerprint density at radius 3 is 2.21 bits per heavy atom. The van der Waals surface area contributed by atoms with Crippen molar-refractivity contribution in [3.05, 3.63) is 23.8 Å². The fraction of sp³-hybridized carbons (Fsp3) is 0.533. The fourth-order valence-electron chi connectivity index (χ4n) is 2.43. The van der Waals surface area contributed by atoms with Crippen molar-refractivity contribution in [1.29, 1.82) is 0 Å². The van der Waals surface area contributed by atoms with Gasteiger partial charge in [0, 0.05) is 18.7 Å². The molecule has 0 bridgehead atoms. The summed E-state index contributed by atoms with van der Waals surface area (Å²) in [5.74, 6) is 1.33. The van der Waals surface area contributed by atoms with E-state index in [4.69, 9.17) is 9.47 Å². The molecule has 0 radical (unpaired) electrons. The second-order valence-corrected chi connectivity index (χ2v) is 4.78. The number of nitrogens with zero attached hydrogens (tertiary/aromatic N) is 1. The van der Waals surface area contributed by atoms with E-state index in [0.29, 0.717) is 17.1 Å². The minimum absolute atomic E-state index is 0.0860. The summed E-state index contributed by atoms with van der Waals surface area (Å²) in [6, 6.07) is 5.34. The minimum atomic E-state index is 0.0860. The topological polar surface area (TPSA) is 38.8 Å². The van der Waals surface area contributed by atoms with Crippen LogP contribution in [0.4, 0.5) is 0 Å². The lowest BCUT2D eigenvalue weighted by Crippen LogP contribution is -2.31. The molecule has 1 aromatic rings. The van der Waals surface area contributed by atoms with Crippen LogP contribution >= 0.6 is 0 Å². The van der Waals surface area contributed by atoms with E-state index in [0.717, 1.165) is 25.9 Å². The standard InChI is InChI=1S/C15H21NO3/c1-18-13-8-7-12(11-14(13)19-2)15(17)16-9-5-3-4-6-10-16/h7-8,11H,3-6,9-10H2,1-2H3. The number of likely N-dealkylation sites (tertiary alicyclic amines) is 1. The summed E-state index contributed by atoms with van der Waals surface area (Å²) in [6.45, 7) is 1.71. The van der Waals surface area contributed by atoms with Crippen molar-refractivity contribution in [3.63, 3.8) is 0 Å². The molecule has 1 aromatic carbocycles. The van der Waals surface area contributed by atoms with Crippen LogP contribution in [0.1, 0.15) is 36.0 Å². The van der Waals surface area contributed by atoms with Crippen LogP contribution in [0.25, 0.3) is 0 Å². The molecule has 4 nitrogen and oxygen atoms in total. The molecule has 104 valence electrons. The molecular formula is C15H21NO3. The molecule has 4 heteroatoms. The first kappa shape index (κ1) is 13.7. The molecule has 0 aliphatic carbocycles. The zero-order valence-electron chi connectivity index (χ0n) is 11.6. The maximum Gasteiger partial charge on any atom is 0.253 e. The maximum absolute atomic E-state index is 12.4. The van der Waals surface area contributed by atoms with Crippen LogP contribution in [0.2, 0.25) is 0 Å². The summed E-state index contributed by atoms with van der Waals surface area (Å²) in [5, 5.41) is 0. The average Bonchev–Trinajstić information content (AvgIpc) is 2.74. The maximum atomic E-state index is 12.4. The van der Waals surface area contributed by atoms with E-state index in [1.165, 1.54) is 12.8 Å². The molecule has 0 spiro atoms. The molecular weight excluding hydrogens is 242 g/mol. The SMILES string of the molecule is COc1ccc(C(=O)N2CCCCCC2)cc1OC. The van der Waals surface area contributed by atoms with Gasteiger partial charge in [-0.15, -0.1) is 0 Å². The first-order chi connectivity index (χ1) is 9.26. The molecule has 1 aliphatic heterocycles. The lowest BCUT2D eigenvalue weighted by Gasteiger charge is -2.20. The van der Waals surface area contributed by atoms with Crippen LogP contribution in [0.15, 0.2) is 18.2 Å². The van der Waals surface area contributed by atoms with Gasteiger partial charge in [0.1, 0.15) is 0 Å². The Morgan fingerprint density at radius 1 is 1.00 bits per heavy atom. The largest absolute Gasteiger partial charge is 0.493 e. The van der Waals surface area contributed by atoms with E-state index in [2.05, 4.69) is 0 Å². The molecule has 0 atom stereocenters. The van der Waals surface area contributed by atoms with Gasteiger partial charge in [-0.05, 0) is 31.0 Å². The number of ether oxygens (including phenoxy) is 2. The summed E-state index contributed by atoms with van der Waals surface area (Å²) in [5.41, 5.74) is 0.666. The highest BCUT2D eigenvalue weighted by Crippen LogP contribution is 2.28. The molecule has 0 aromatic heterocycles. The van der Waals surface area contributed by atoms with Crippen LogP contribution < -0.4 is 9.47 Å². The van der Waals surface area contributed by atoms with Crippen molar-refractivity contribution in [2.75, 3.05) is 27.3 Å². The van der Waals surface area contributed by atoms with E-state index in [9.17, 15) is 4.79 Å². The van der Waals surface area contributed by atoms with Crippen molar-refractivity contribution >= 4 is 5.91 Å². The lowest BCUT2D eigenvalue weighted by atomic mass is 10.1. The number of methoxy groups -OCH3 is 2. The number of rotatable bonds is 3. The number of amides is 1. The molecule has 19 heavy (non-hydrogen) atoms. The molecule has 1 saturated heterocycles. The van der Waals surface area contributed by atoms with Gasteiger partial charge < -0.3 is 14.4 Å². The predicted molar refractivity (Wildman–Crippen MR) is 73.9 cm³/mol. The minimum Gasteiger partial charge on any atom is -0.493 e. The predicted octanol–water partition coefficient (Wildman–Crippen LogP) is 2.72. The summed E-state index contributed by atoms with van der Waals surface area (Å²) < 4.78 is 10.4. The van der Waals surface area contributed by atoms with Crippen molar-refractivity contribution < 1.29 is 14.3 Å². The van der Waals surface area contributed by atoms with Crippen molar-refractivity contribution in [1.82, 2.24) is 4.90 Å². The molecule has 1 fully saturated rings. The molecule has 1 aliphatic rings. The third-order valence-corrected chi connectivity index (χ3v) is 3.52. The van der Waals surface area contributed by atoms with Gasteiger partial charge in [0.15, 0.2) is 11.5 Å². The van der Waals surface area contributed by atoms with E-state index in [-0.39, 0.29) is 5.91 Å². The molecule has 0 saturated carbocycles. The molecule has 2 rings (SSSR count). The highest BCUT2D eigenvalue weighted by atomic mass is 16.5. The second-order valence-electron chi connectivity index (χ2n) is 4.78. The summed E-state index contributed by atoms with van der Waals surface area (Å²) >= 11 is 0. The molecule has 1 heterocycles. The average molecular weight is 263 g/mol. The van der Waals surface area contributed by atoms with Gasteiger partial charge in [-0.2, -0.15) is 0 Å². The summed E-state index contributed by atoms with van der Waals surface area (Å²) in [4.78, 5) is 14.4. The van der Waals surface area contributed by atoms with Crippen LogP contribution in [0.3, 0.4) is 0 Å². The van der Waals surface area contributed by atoms with Gasteiger partial charge in [0.05, 0.1) is 14.2 Å². The highest BCUT2D eigenvalue weighted by molar-refractivity contribution is 5.95. The van der Waals surface area contributed by atoms with E-state index >= 15 is 0 Å². The Labute approximate surface area is 114 Å². The van der Waals surface area contributed by atoms with Gasteiger partial charge in [-0.25, -0.2) is 0 Å².